The Hall–Kier alpha value is -1.79. The summed E-state index contributed by atoms with van der Waals surface area (Å²) < 4.78 is 0. The lowest BCUT2D eigenvalue weighted by molar-refractivity contribution is 0.0683. The number of nitrogens with zero attached hydrogens (tertiary/aromatic N) is 1. The van der Waals surface area contributed by atoms with Crippen LogP contribution in [0.5, 0.6) is 0 Å². The maximum Gasteiger partial charge on any atom is 0.253 e. The molecular formula is C17H21NO2. The van der Waals surface area contributed by atoms with Gasteiger partial charge in [0.05, 0.1) is 0 Å². The highest BCUT2D eigenvalue weighted by Crippen LogP contribution is 2.19. The third-order valence-corrected chi connectivity index (χ3v) is 3.58. The summed E-state index contributed by atoms with van der Waals surface area (Å²) in [5.41, 5.74) is 2.50. The van der Waals surface area contributed by atoms with Gasteiger partial charge in [-0.2, -0.15) is 0 Å². The van der Waals surface area contributed by atoms with E-state index in [1.807, 2.05) is 30.0 Å². The number of hydrogen-bond donors (Lipinski definition) is 1. The molecule has 0 aliphatic carbocycles. The van der Waals surface area contributed by atoms with Crippen LogP contribution in [0.25, 0.3) is 0 Å². The third-order valence-electron chi connectivity index (χ3n) is 3.58. The molecule has 0 bridgehead atoms. The number of piperidine rings is 1. The second-order valence-corrected chi connectivity index (χ2v) is 5.55. The molecule has 0 spiro atoms. The first-order valence-electron chi connectivity index (χ1n) is 7.11. The van der Waals surface area contributed by atoms with Crippen LogP contribution in [0.1, 0.15) is 41.3 Å². The van der Waals surface area contributed by atoms with Gasteiger partial charge in [-0.05, 0) is 49.4 Å². The van der Waals surface area contributed by atoms with Gasteiger partial charge in [-0.1, -0.05) is 18.8 Å². The van der Waals surface area contributed by atoms with Gasteiger partial charge in [-0.15, -0.1) is 0 Å². The zero-order chi connectivity index (χ0) is 14.5. The highest BCUT2D eigenvalue weighted by Gasteiger charge is 2.22. The van der Waals surface area contributed by atoms with E-state index in [0.29, 0.717) is 11.5 Å². The molecule has 1 N–H and O–H groups in total. The van der Waals surface area contributed by atoms with Crippen molar-refractivity contribution in [2.45, 2.75) is 26.7 Å². The smallest absolute Gasteiger partial charge is 0.253 e. The van der Waals surface area contributed by atoms with Crippen molar-refractivity contribution in [3.8, 4) is 11.8 Å². The lowest BCUT2D eigenvalue weighted by Gasteiger charge is -2.31. The van der Waals surface area contributed by atoms with Gasteiger partial charge in [0.25, 0.3) is 5.91 Å². The number of benzene rings is 1. The first-order chi connectivity index (χ1) is 9.60. The first-order valence-corrected chi connectivity index (χ1v) is 7.11. The van der Waals surface area contributed by atoms with Gasteiger partial charge < -0.3 is 10.0 Å². The average Bonchev–Trinajstić information content (AvgIpc) is 2.43. The lowest BCUT2D eigenvalue weighted by Crippen LogP contribution is -2.39. The number of carbonyl (C=O) groups is 1. The molecular weight excluding hydrogens is 250 g/mol. The van der Waals surface area contributed by atoms with Crippen LogP contribution >= 0.6 is 0 Å². The fourth-order valence-electron chi connectivity index (χ4n) is 2.68. The topological polar surface area (TPSA) is 40.5 Å². The number of carbonyl (C=O) groups excluding carboxylic acids is 1. The Kier molecular flexibility index (Phi) is 4.81. The standard InChI is InChI=1S/C17H21NO2/c1-13-5-3-7-18(12-13)17(20)16-10-14(2)9-15(11-16)6-4-8-19/h9-11,13,19H,3,5,7-8,12H2,1-2H3. The molecule has 1 aliphatic heterocycles. The monoisotopic (exact) mass is 271 g/mol. The second kappa shape index (κ2) is 6.58. The number of aryl methyl sites for hydroxylation is 1. The summed E-state index contributed by atoms with van der Waals surface area (Å²) in [6, 6.07) is 5.65. The Morgan fingerprint density at radius 3 is 2.95 bits per heavy atom. The van der Waals surface area contributed by atoms with Gasteiger partial charge >= 0.3 is 0 Å². The zero-order valence-corrected chi connectivity index (χ0v) is 12.1. The second-order valence-electron chi connectivity index (χ2n) is 5.55. The quantitative estimate of drug-likeness (QED) is 0.796. The van der Waals surface area contributed by atoms with Crippen molar-refractivity contribution < 1.29 is 9.90 Å². The summed E-state index contributed by atoms with van der Waals surface area (Å²) in [4.78, 5) is 14.5. The van der Waals surface area contributed by atoms with Crippen molar-refractivity contribution in [1.29, 1.82) is 0 Å². The predicted octanol–water partition coefficient (Wildman–Crippen LogP) is 2.21. The van der Waals surface area contributed by atoms with Crippen LogP contribution in [0.2, 0.25) is 0 Å². The highest BCUT2D eigenvalue weighted by molar-refractivity contribution is 5.94. The van der Waals surface area contributed by atoms with E-state index in [4.69, 9.17) is 5.11 Å². The summed E-state index contributed by atoms with van der Waals surface area (Å²) >= 11 is 0. The summed E-state index contributed by atoms with van der Waals surface area (Å²) in [7, 11) is 0. The molecule has 1 fully saturated rings. The van der Waals surface area contributed by atoms with Crippen LogP contribution in [-0.4, -0.2) is 35.6 Å². The molecule has 1 atom stereocenters. The van der Waals surface area contributed by atoms with Crippen LogP contribution in [-0.2, 0) is 0 Å². The van der Waals surface area contributed by atoms with Crippen LogP contribution in [0.4, 0.5) is 0 Å². The lowest BCUT2D eigenvalue weighted by atomic mass is 9.98. The summed E-state index contributed by atoms with van der Waals surface area (Å²) in [6.07, 6.45) is 2.28. The number of rotatable bonds is 1. The fourth-order valence-corrected chi connectivity index (χ4v) is 2.68. The molecule has 1 aromatic carbocycles. The highest BCUT2D eigenvalue weighted by atomic mass is 16.2. The van der Waals surface area contributed by atoms with Gasteiger partial charge in [0, 0.05) is 24.2 Å². The Morgan fingerprint density at radius 1 is 1.45 bits per heavy atom. The van der Waals surface area contributed by atoms with E-state index in [1.54, 1.807) is 0 Å². The van der Waals surface area contributed by atoms with Gasteiger partial charge in [0.1, 0.15) is 6.61 Å². The van der Waals surface area contributed by atoms with E-state index in [0.717, 1.165) is 30.6 Å². The average molecular weight is 271 g/mol. The molecule has 0 radical (unpaired) electrons. The Labute approximate surface area is 120 Å². The van der Waals surface area contributed by atoms with Gasteiger partial charge in [-0.3, -0.25) is 4.79 Å². The normalized spacial score (nSPS) is 18.4. The number of hydrogen-bond acceptors (Lipinski definition) is 2. The molecule has 106 valence electrons. The Bertz CT molecular complexity index is 554. The first kappa shape index (κ1) is 14.6. The molecule has 1 amide bonds. The molecule has 3 nitrogen and oxygen atoms in total. The molecule has 0 aromatic heterocycles. The van der Waals surface area contributed by atoms with Crippen LogP contribution < -0.4 is 0 Å². The number of amides is 1. The van der Waals surface area contributed by atoms with Crippen molar-refractivity contribution >= 4 is 5.91 Å². The van der Waals surface area contributed by atoms with Crippen LogP contribution in [0, 0.1) is 24.7 Å². The number of aliphatic hydroxyl groups excluding tert-OH is 1. The molecule has 1 aliphatic rings. The van der Waals surface area contributed by atoms with E-state index < -0.39 is 0 Å². The molecule has 2 rings (SSSR count). The molecule has 1 aromatic rings. The van der Waals surface area contributed by atoms with E-state index >= 15 is 0 Å². The van der Waals surface area contributed by atoms with Crippen molar-refractivity contribution in [2.24, 2.45) is 5.92 Å². The molecule has 1 unspecified atom stereocenters. The molecule has 3 heteroatoms. The molecule has 0 saturated carbocycles. The van der Waals surface area contributed by atoms with Gasteiger partial charge in [-0.25, -0.2) is 0 Å². The maximum absolute atomic E-state index is 12.6. The van der Waals surface area contributed by atoms with E-state index in [2.05, 4.69) is 18.8 Å². The number of likely N-dealkylation sites (tertiary alicyclic amines) is 1. The fraction of sp³-hybridized carbons (Fsp3) is 0.471. The summed E-state index contributed by atoms with van der Waals surface area (Å²) in [5, 5.41) is 8.76. The maximum atomic E-state index is 12.6. The van der Waals surface area contributed by atoms with Crippen molar-refractivity contribution in [2.75, 3.05) is 19.7 Å². The van der Waals surface area contributed by atoms with Gasteiger partial charge in [0.15, 0.2) is 0 Å². The van der Waals surface area contributed by atoms with Crippen LogP contribution in [0.15, 0.2) is 18.2 Å². The van der Waals surface area contributed by atoms with E-state index in [-0.39, 0.29) is 12.5 Å². The van der Waals surface area contributed by atoms with Gasteiger partial charge in [0.2, 0.25) is 0 Å². The van der Waals surface area contributed by atoms with Crippen LogP contribution in [0.3, 0.4) is 0 Å². The molecule has 20 heavy (non-hydrogen) atoms. The van der Waals surface area contributed by atoms with Crippen molar-refractivity contribution in [3.63, 3.8) is 0 Å². The summed E-state index contributed by atoms with van der Waals surface area (Å²) in [6.45, 7) is 5.66. The predicted molar refractivity (Wildman–Crippen MR) is 79.4 cm³/mol. The van der Waals surface area contributed by atoms with E-state index in [9.17, 15) is 4.79 Å². The minimum atomic E-state index is -0.166. The minimum absolute atomic E-state index is 0.0901. The largest absolute Gasteiger partial charge is 0.384 e. The van der Waals surface area contributed by atoms with E-state index in [1.165, 1.54) is 6.42 Å². The summed E-state index contributed by atoms with van der Waals surface area (Å²) in [5.74, 6) is 6.16. The Morgan fingerprint density at radius 2 is 2.25 bits per heavy atom. The Balaban J connectivity index is 2.22. The number of aliphatic hydroxyl groups is 1. The third kappa shape index (κ3) is 3.61. The minimum Gasteiger partial charge on any atom is -0.384 e. The SMILES string of the molecule is Cc1cc(C#CCO)cc(C(=O)N2CCCC(C)C2)c1. The zero-order valence-electron chi connectivity index (χ0n) is 12.1. The van der Waals surface area contributed by atoms with Crippen molar-refractivity contribution in [1.82, 2.24) is 4.90 Å². The molecule has 1 saturated heterocycles. The molecule has 1 heterocycles. The van der Waals surface area contributed by atoms with Crippen molar-refractivity contribution in [3.05, 3.63) is 34.9 Å².